The number of fused-ring (bicyclic) bond motifs is 1. The molecule has 3 rings (SSSR count). The van der Waals surface area contributed by atoms with Crippen LogP contribution in [0.1, 0.15) is 17.8 Å². The quantitative estimate of drug-likeness (QED) is 0.822. The van der Waals surface area contributed by atoms with Gasteiger partial charge in [-0.3, -0.25) is 0 Å². The van der Waals surface area contributed by atoms with Crippen molar-refractivity contribution in [3.63, 3.8) is 0 Å². The third-order valence-electron chi connectivity index (χ3n) is 4.34. The van der Waals surface area contributed by atoms with Crippen LogP contribution in [0.5, 0.6) is 5.75 Å². The van der Waals surface area contributed by atoms with E-state index in [1.807, 2.05) is 24.4 Å². The fraction of sp³-hybridized carbons (Fsp3) is 0.444. The van der Waals surface area contributed by atoms with E-state index in [1.165, 1.54) is 12.2 Å². The largest absolute Gasteiger partial charge is 0.491 e. The molecule has 5 heteroatoms. The van der Waals surface area contributed by atoms with E-state index in [1.54, 1.807) is 6.07 Å². The van der Waals surface area contributed by atoms with E-state index in [9.17, 15) is 0 Å². The van der Waals surface area contributed by atoms with Gasteiger partial charge in [-0.15, -0.1) is 0 Å². The van der Waals surface area contributed by atoms with Crippen LogP contribution in [0.4, 0.5) is 0 Å². The van der Waals surface area contributed by atoms with Gasteiger partial charge in [-0.1, -0.05) is 12.1 Å². The van der Waals surface area contributed by atoms with Gasteiger partial charge in [-0.25, -0.2) is 4.98 Å². The molecule has 0 radical (unpaired) electrons. The van der Waals surface area contributed by atoms with Gasteiger partial charge < -0.3 is 14.2 Å². The molecule has 0 saturated carbocycles. The fourth-order valence-corrected chi connectivity index (χ4v) is 3.11. The highest BCUT2D eigenvalue weighted by molar-refractivity contribution is 5.42. The lowest BCUT2D eigenvalue weighted by Crippen LogP contribution is -2.33. The summed E-state index contributed by atoms with van der Waals surface area (Å²) in [6, 6.07) is 9.53. The molecule has 1 atom stereocenters. The second kappa shape index (κ2) is 7.30. The van der Waals surface area contributed by atoms with Crippen LogP contribution in [0.15, 0.2) is 36.7 Å². The summed E-state index contributed by atoms with van der Waals surface area (Å²) >= 11 is 0. The number of para-hydroxylation sites is 1. The molecule has 120 valence electrons. The molecule has 1 aliphatic heterocycles. The maximum absolute atomic E-state index is 9.06. The highest BCUT2D eigenvalue weighted by Gasteiger charge is 2.19. The highest BCUT2D eigenvalue weighted by Crippen LogP contribution is 2.20. The summed E-state index contributed by atoms with van der Waals surface area (Å²) in [4.78, 5) is 6.68. The molecule has 0 saturated heterocycles. The van der Waals surface area contributed by atoms with Gasteiger partial charge in [0.25, 0.3) is 0 Å². The normalized spacial score (nSPS) is 16.8. The zero-order valence-corrected chi connectivity index (χ0v) is 13.5. The smallest absolute Gasteiger partial charge is 0.137 e. The van der Waals surface area contributed by atoms with Gasteiger partial charge in [-0.2, -0.15) is 5.26 Å². The number of nitrogens with zero attached hydrogens (tertiary/aromatic N) is 4. The third kappa shape index (κ3) is 3.91. The molecule has 1 aliphatic rings. The molecule has 0 N–H and O–H groups in total. The Morgan fingerprint density at radius 3 is 3.17 bits per heavy atom. The number of aryl methyl sites for hydroxylation is 1. The minimum absolute atomic E-state index is 0.593. The Bertz CT molecular complexity index is 688. The van der Waals surface area contributed by atoms with E-state index in [0.29, 0.717) is 23.8 Å². The van der Waals surface area contributed by atoms with Crippen molar-refractivity contribution in [2.24, 2.45) is 5.92 Å². The number of hydrogen-bond acceptors (Lipinski definition) is 4. The van der Waals surface area contributed by atoms with Gasteiger partial charge in [0.05, 0.1) is 5.56 Å². The Morgan fingerprint density at radius 1 is 1.43 bits per heavy atom. The van der Waals surface area contributed by atoms with Crippen molar-refractivity contribution in [3.8, 4) is 11.8 Å². The Kier molecular flexibility index (Phi) is 4.94. The molecule has 23 heavy (non-hydrogen) atoms. The van der Waals surface area contributed by atoms with Crippen LogP contribution in [0.3, 0.4) is 0 Å². The Balaban J connectivity index is 1.44. The fourth-order valence-electron chi connectivity index (χ4n) is 3.11. The molecule has 0 unspecified atom stereocenters. The molecule has 0 fully saturated rings. The average molecular weight is 310 g/mol. The van der Waals surface area contributed by atoms with Crippen LogP contribution < -0.4 is 4.74 Å². The Labute approximate surface area is 137 Å². The van der Waals surface area contributed by atoms with Crippen LogP contribution in [0.2, 0.25) is 0 Å². The summed E-state index contributed by atoms with van der Waals surface area (Å²) in [7, 11) is 2.13. The van der Waals surface area contributed by atoms with E-state index >= 15 is 0 Å². The molecule has 1 aromatic heterocycles. The van der Waals surface area contributed by atoms with Gasteiger partial charge in [0, 0.05) is 38.4 Å². The molecular formula is C18H22N4O. The number of likely N-dealkylation sites (N-methyl/N-ethyl adjacent to an activating group) is 1. The van der Waals surface area contributed by atoms with Crippen LogP contribution >= 0.6 is 0 Å². The zero-order chi connectivity index (χ0) is 16.1. The minimum Gasteiger partial charge on any atom is -0.491 e. The monoisotopic (exact) mass is 310 g/mol. The first-order valence-electron chi connectivity index (χ1n) is 8.06. The summed E-state index contributed by atoms with van der Waals surface area (Å²) in [6.07, 6.45) is 6.22. The second-order valence-electron chi connectivity index (χ2n) is 6.12. The predicted molar refractivity (Wildman–Crippen MR) is 88.2 cm³/mol. The van der Waals surface area contributed by atoms with Crippen molar-refractivity contribution in [2.45, 2.75) is 19.4 Å². The summed E-state index contributed by atoms with van der Waals surface area (Å²) in [5, 5.41) is 9.06. The van der Waals surface area contributed by atoms with Gasteiger partial charge in [0.1, 0.15) is 24.3 Å². The van der Waals surface area contributed by atoms with Crippen molar-refractivity contribution in [1.29, 1.82) is 5.26 Å². The lowest BCUT2D eigenvalue weighted by Gasteiger charge is -2.28. The third-order valence-corrected chi connectivity index (χ3v) is 4.34. The first-order chi connectivity index (χ1) is 11.3. The lowest BCUT2D eigenvalue weighted by atomic mass is 9.99. The van der Waals surface area contributed by atoms with E-state index < -0.39 is 0 Å². The standard InChI is InChI=1S/C18H22N4O/c1-21(10-11-23-17-5-3-2-4-16(17)12-19)13-15-6-7-18-20-8-9-22(18)14-15/h2-5,8-9,15H,6-7,10-11,13-14H2,1H3/t15-/m0/s1. The van der Waals surface area contributed by atoms with Crippen molar-refractivity contribution in [1.82, 2.24) is 14.5 Å². The van der Waals surface area contributed by atoms with Crippen LogP contribution in [0, 0.1) is 17.2 Å². The van der Waals surface area contributed by atoms with Crippen LogP contribution in [0.25, 0.3) is 0 Å². The number of rotatable bonds is 6. The molecule has 0 aliphatic carbocycles. The van der Waals surface area contributed by atoms with E-state index in [0.717, 1.165) is 26.1 Å². The van der Waals surface area contributed by atoms with Crippen molar-refractivity contribution >= 4 is 0 Å². The number of nitriles is 1. The molecule has 0 spiro atoms. The molecule has 5 nitrogen and oxygen atoms in total. The number of imidazole rings is 1. The van der Waals surface area contributed by atoms with Gasteiger partial charge in [-0.05, 0) is 31.5 Å². The van der Waals surface area contributed by atoms with Crippen LogP contribution in [-0.4, -0.2) is 41.2 Å². The van der Waals surface area contributed by atoms with Crippen molar-refractivity contribution < 1.29 is 4.74 Å². The number of ether oxygens (including phenoxy) is 1. The molecule has 0 amide bonds. The maximum Gasteiger partial charge on any atom is 0.137 e. The van der Waals surface area contributed by atoms with Gasteiger partial charge in [0.15, 0.2) is 0 Å². The summed E-state index contributed by atoms with van der Waals surface area (Å²) in [6.45, 7) is 3.56. The van der Waals surface area contributed by atoms with Crippen LogP contribution in [-0.2, 0) is 13.0 Å². The first kappa shape index (κ1) is 15.6. The number of benzene rings is 1. The lowest BCUT2D eigenvalue weighted by molar-refractivity contribution is 0.195. The molecular weight excluding hydrogens is 288 g/mol. The van der Waals surface area contributed by atoms with Gasteiger partial charge in [0.2, 0.25) is 0 Å². The van der Waals surface area contributed by atoms with Gasteiger partial charge >= 0.3 is 0 Å². The molecule has 0 bridgehead atoms. The Hall–Kier alpha value is -2.32. The summed E-state index contributed by atoms with van der Waals surface area (Å²) in [5.74, 6) is 2.54. The van der Waals surface area contributed by atoms with E-state index in [4.69, 9.17) is 10.00 Å². The van der Waals surface area contributed by atoms with Crippen molar-refractivity contribution in [3.05, 3.63) is 48.0 Å². The molecule has 2 aromatic rings. The summed E-state index contributed by atoms with van der Waals surface area (Å²) in [5.41, 5.74) is 0.593. The maximum atomic E-state index is 9.06. The Morgan fingerprint density at radius 2 is 2.30 bits per heavy atom. The number of hydrogen-bond donors (Lipinski definition) is 0. The van der Waals surface area contributed by atoms with E-state index in [2.05, 4.69) is 33.8 Å². The average Bonchev–Trinajstić information content (AvgIpc) is 3.03. The highest BCUT2D eigenvalue weighted by atomic mass is 16.5. The minimum atomic E-state index is 0.593. The summed E-state index contributed by atoms with van der Waals surface area (Å²) < 4.78 is 8.02. The zero-order valence-electron chi connectivity index (χ0n) is 13.5. The first-order valence-corrected chi connectivity index (χ1v) is 8.06. The SMILES string of the molecule is CN(CCOc1ccccc1C#N)C[C@@H]1CCc2nccn2C1. The number of aromatic nitrogens is 2. The van der Waals surface area contributed by atoms with E-state index in [-0.39, 0.29) is 0 Å². The van der Waals surface area contributed by atoms with Crippen molar-refractivity contribution in [2.75, 3.05) is 26.7 Å². The molecule has 2 heterocycles. The molecule has 1 aromatic carbocycles. The topological polar surface area (TPSA) is 54.1 Å². The second-order valence-corrected chi connectivity index (χ2v) is 6.12. The predicted octanol–water partition coefficient (Wildman–Crippen LogP) is 2.33.